The minimum absolute atomic E-state index is 0.0994. The Kier molecular flexibility index (Phi) is 5.81. The van der Waals surface area contributed by atoms with Gasteiger partial charge in [-0.1, -0.05) is 23.7 Å². The standard InChI is InChI=1S/C21H16ClF3N6O2/c1-12(32)30-18-7-3-6-17(16(18)11-27-30)28-20(33)26-10-15-9-19(21(23,24)25)29-31(15)14-5-2-4-13(22)8-14/h2-9,11H,10H2,1H3,(H2,26,28,33). The molecule has 33 heavy (non-hydrogen) atoms. The number of anilines is 1. The molecule has 0 aliphatic carbocycles. The zero-order valence-electron chi connectivity index (χ0n) is 17.0. The molecule has 0 aliphatic rings. The molecule has 2 heterocycles. The summed E-state index contributed by atoms with van der Waals surface area (Å²) in [5, 5.41) is 13.6. The van der Waals surface area contributed by atoms with Crippen LogP contribution in [0.3, 0.4) is 0 Å². The summed E-state index contributed by atoms with van der Waals surface area (Å²) in [7, 11) is 0. The summed E-state index contributed by atoms with van der Waals surface area (Å²) in [6.07, 6.45) is -3.22. The van der Waals surface area contributed by atoms with E-state index in [1.54, 1.807) is 36.4 Å². The number of hydrogen-bond acceptors (Lipinski definition) is 4. The molecule has 0 spiro atoms. The molecular weight excluding hydrogens is 461 g/mol. The van der Waals surface area contributed by atoms with Gasteiger partial charge in [0.2, 0.25) is 5.91 Å². The first-order valence-corrected chi connectivity index (χ1v) is 9.96. The van der Waals surface area contributed by atoms with Crippen LogP contribution < -0.4 is 10.6 Å². The van der Waals surface area contributed by atoms with Crippen LogP contribution in [0.15, 0.2) is 54.7 Å². The molecule has 2 aromatic heterocycles. The average Bonchev–Trinajstić information content (AvgIpc) is 3.37. The molecule has 8 nitrogen and oxygen atoms in total. The fraction of sp³-hybridized carbons (Fsp3) is 0.143. The molecule has 0 fully saturated rings. The van der Waals surface area contributed by atoms with Gasteiger partial charge < -0.3 is 10.6 Å². The number of carbonyl (C=O) groups is 2. The van der Waals surface area contributed by atoms with Gasteiger partial charge in [-0.15, -0.1) is 0 Å². The van der Waals surface area contributed by atoms with E-state index in [0.717, 1.165) is 10.7 Å². The van der Waals surface area contributed by atoms with Crippen molar-refractivity contribution in [3.8, 4) is 5.69 Å². The number of aromatic nitrogens is 4. The molecule has 0 saturated carbocycles. The minimum Gasteiger partial charge on any atom is -0.332 e. The molecule has 2 amide bonds. The highest BCUT2D eigenvalue weighted by molar-refractivity contribution is 6.30. The Balaban J connectivity index is 1.56. The van der Waals surface area contributed by atoms with Crippen molar-refractivity contribution in [1.82, 2.24) is 24.9 Å². The quantitative estimate of drug-likeness (QED) is 0.439. The van der Waals surface area contributed by atoms with Crippen molar-refractivity contribution in [2.45, 2.75) is 19.6 Å². The molecule has 12 heteroatoms. The number of benzene rings is 2. The molecule has 0 radical (unpaired) electrons. The van der Waals surface area contributed by atoms with E-state index in [0.29, 0.717) is 27.3 Å². The summed E-state index contributed by atoms with van der Waals surface area (Å²) in [6.45, 7) is 1.11. The summed E-state index contributed by atoms with van der Waals surface area (Å²) in [5.41, 5.74) is 0.214. The summed E-state index contributed by atoms with van der Waals surface area (Å²) in [6, 6.07) is 11.3. The van der Waals surface area contributed by atoms with Crippen molar-refractivity contribution in [3.05, 3.63) is 71.1 Å². The van der Waals surface area contributed by atoms with E-state index in [2.05, 4.69) is 20.8 Å². The Morgan fingerprint density at radius 3 is 2.58 bits per heavy atom. The molecular formula is C21H16ClF3N6O2. The normalized spacial score (nSPS) is 11.5. The molecule has 2 N–H and O–H groups in total. The number of nitrogens with zero attached hydrogens (tertiary/aromatic N) is 4. The number of fused-ring (bicyclic) bond motifs is 1. The van der Waals surface area contributed by atoms with Gasteiger partial charge in [0.15, 0.2) is 5.69 Å². The van der Waals surface area contributed by atoms with Crippen LogP contribution in [0.1, 0.15) is 23.1 Å². The molecule has 4 rings (SSSR count). The van der Waals surface area contributed by atoms with E-state index in [9.17, 15) is 22.8 Å². The van der Waals surface area contributed by atoms with Crippen molar-refractivity contribution in [1.29, 1.82) is 0 Å². The Morgan fingerprint density at radius 1 is 1.12 bits per heavy atom. The van der Waals surface area contributed by atoms with Crippen LogP contribution >= 0.6 is 11.6 Å². The SMILES string of the molecule is CC(=O)n1ncc2c(NC(=O)NCc3cc(C(F)(F)F)nn3-c3cccc(Cl)c3)cccc21. The predicted octanol–water partition coefficient (Wildman–Crippen LogP) is 4.88. The van der Waals surface area contributed by atoms with Gasteiger partial charge in [0.1, 0.15) is 0 Å². The van der Waals surface area contributed by atoms with Gasteiger partial charge in [0, 0.05) is 17.3 Å². The second kappa shape index (κ2) is 8.58. The highest BCUT2D eigenvalue weighted by atomic mass is 35.5. The van der Waals surface area contributed by atoms with Crippen molar-refractivity contribution in [3.63, 3.8) is 0 Å². The van der Waals surface area contributed by atoms with E-state index in [4.69, 9.17) is 11.6 Å². The summed E-state index contributed by atoms with van der Waals surface area (Å²) >= 11 is 5.96. The summed E-state index contributed by atoms with van der Waals surface area (Å²) in [5.74, 6) is -0.290. The Morgan fingerprint density at radius 2 is 1.88 bits per heavy atom. The Hall–Kier alpha value is -3.86. The van der Waals surface area contributed by atoms with E-state index in [1.165, 1.54) is 23.9 Å². The van der Waals surface area contributed by atoms with Gasteiger partial charge in [0.05, 0.1) is 35.3 Å². The third kappa shape index (κ3) is 4.67. The lowest BCUT2D eigenvalue weighted by Gasteiger charge is -2.11. The fourth-order valence-electron chi connectivity index (χ4n) is 3.26. The van der Waals surface area contributed by atoms with Crippen LogP contribution in [0.25, 0.3) is 16.6 Å². The first-order valence-electron chi connectivity index (χ1n) is 9.58. The highest BCUT2D eigenvalue weighted by Crippen LogP contribution is 2.30. The van der Waals surface area contributed by atoms with Gasteiger partial charge >= 0.3 is 12.2 Å². The third-order valence-electron chi connectivity index (χ3n) is 4.72. The number of halogens is 4. The number of hydrogen-bond donors (Lipinski definition) is 2. The Bertz CT molecular complexity index is 1360. The number of amides is 2. The lowest BCUT2D eigenvalue weighted by molar-refractivity contribution is -0.141. The molecule has 0 unspecified atom stereocenters. The lowest BCUT2D eigenvalue weighted by atomic mass is 10.2. The second-order valence-corrected chi connectivity index (χ2v) is 7.47. The summed E-state index contributed by atoms with van der Waals surface area (Å²) in [4.78, 5) is 24.1. The zero-order chi connectivity index (χ0) is 23.8. The zero-order valence-corrected chi connectivity index (χ0v) is 17.8. The number of alkyl halides is 3. The van der Waals surface area contributed by atoms with Crippen LogP contribution in [-0.2, 0) is 12.7 Å². The molecule has 0 aliphatic heterocycles. The maximum absolute atomic E-state index is 13.2. The smallest absolute Gasteiger partial charge is 0.332 e. The monoisotopic (exact) mass is 476 g/mol. The number of carbonyl (C=O) groups excluding carboxylic acids is 2. The molecule has 0 atom stereocenters. The summed E-state index contributed by atoms with van der Waals surface area (Å²) < 4.78 is 42.0. The number of urea groups is 1. The minimum atomic E-state index is -4.66. The second-order valence-electron chi connectivity index (χ2n) is 7.03. The topological polar surface area (TPSA) is 93.8 Å². The molecule has 170 valence electrons. The van der Waals surface area contributed by atoms with Crippen LogP contribution in [0.5, 0.6) is 0 Å². The van der Waals surface area contributed by atoms with Gasteiger partial charge in [-0.3, -0.25) is 4.79 Å². The van der Waals surface area contributed by atoms with Gasteiger partial charge in [0.25, 0.3) is 0 Å². The van der Waals surface area contributed by atoms with E-state index in [-0.39, 0.29) is 18.1 Å². The Labute approximate surface area is 189 Å². The first-order chi connectivity index (χ1) is 15.6. The predicted molar refractivity (Wildman–Crippen MR) is 115 cm³/mol. The average molecular weight is 477 g/mol. The maximum Gasteiger partial charge on any atom is 0.435 e. The lowest BCUT2D eigenvalue weighted by Crippen LogP contribution is -2.29. The molecule has 4 aromatic rings. The largest absolute Gasteiger partial charge is 0.435 e. The molecule has 0 saturated heterocycles. The van der Waals surface area contributed by atoms with Crippen molar-refractivity contribution < 1.29 is 22.8 Å². The van der Waals surface area contributed by atoms with E-state index < -0.39 is 17.9 Å². The molecule has 0 bridgehead atoms. The van der Waals surface area contributed by atoms with Crippen LogP contribution in [0.4, 0.5) is 23.7 Å². The van der Waals surface area contributed by atoms with Gasteiger partial charge in [-0.2, -0.15) is 23.4 Å². The van der Waals surface area contributed by atoms with Crippen LogP contribution in [0, 0.1) is 0 Å². The van der Waals surface area contributed by atoms with Crippen molar-refractivity contribution in [2.24, 2.45) is 0 Å². The highest BCUT2D eigenvalue weighted by Gasteiger charge is 2.35. The fourth-order valence-corrected chi connectivity index (χ4v) is 3.45. The van der Waals surface area contributed by atoms with Crippen LogP contribution in [-0.4, -0.2) is 31.5 Å². The van der Waals surface area contributed by atoms with E-state index in [1.807, 2.05) is 0 Å². The molecule has 2 aromatic carbocycles. The van der Waals surface area contributed by atoms with E-state index >= 15 is 0 Å². The third-order valence-corrected chi connectivity index (χ3v) is 4.95. The van der Waals surface area contributed by atoms with Gasteiger partial charge in [-0.25, -0.2) is 14.2 Å². The number of nitrogens with one attached hydrogen (secondary N) is 2. The van der Waals surface area contributed by atoms with Crippen molar-refractivity contribution in [2.75, 3.05) is 5.32 Å². The van der Waals surface area contributed by atoms with Gasteiger partial charge in [-0.05, 0) is 36.4 Å². The first kappa shape index (κ1) is 22.3. The number of rotatable bonds is 4. The maximum atomic E-state index is 13.2. The van der Waals surface area contributed by atoms with Crippen molar-refractivity contribution >= 4 is 40.1 Å². The van der Waals surface area contributed by atoms with Crippen LogP contribution in [0.2, 0.25) is 5.02 Å².